The smallest absolute Gasteiger partial charge is 0.319 e. The van der Waals surface area contributed by atoms with Gasteiger partial charge in [-0.15, -0.1) is 0 Å². The molecule has 2 aromatic heterocycles. The van der Waals surface area contributed by atoms with E-state index < -0.39 is 34.9 Å². The van der Waals surface area contributed by atoms with E-state index >= 15 is 0 Å². The van der Waals surface area contributed by atoms with Crippen LogP contribution in [-0.4, -0.2) is 27.8 Å². The Balaban J connectivity index is 2.31. The van der Waals surface area contributed by atoms with Crippen molar-refractivity contribution in [3.05, 3.63) is 87.2 Å². The number of fused-ring (bicyclic) bond motifs is 1. The summed E-state index contributed by atoms with van der Waals surface area (Å²) in [5.41, 5.74) is 0.603. The number of pyridine rings is 1. The van der Waals surface area contributed by atoms with Crippen molar-refractivity contribution in [1.82, 2.24) is 4.40 Å². The Morgan fingerprint density at radius 2 is 1.78 bits per heavy atom. The molecule has 2 heterocycles. The Morgan fingerprint density at radius 3 is 2.37 bits per heavy atom. The predicted molar refractivity (Wildman–Crippen MR) is 92.7 cm³/mol. The molecule has 140 valence electrons. The maximum atomic E-state index is 13.1. The Bertz CT molecular complexity index is 1010. The number of carbonyl (C=O) groups is 1. The van der Waals surface area contributed by atoms with Gasteiger partial charge >= 0.3 is 6.18 Å². The fourth-order valence-corrected chi connectivity index (χ4v) is 3.40. The van der Waals surface area contributed by atoms with Crippen LogP contribution in [0.1, 0.15) is 33.1 Å². The summed E-state index contributed by atoms with van der Waals surface area (Å²) >= 11 is 0. The molecule has 0 spiro atoms. The summed E-state index contributed by atoms with van der Waals surface area (Å²) in [5, 5.41) is 11.3. The van der Waals surface area contributed by atoms with Crippen LogP contribution < -0.4 is 0 Å². The van der Waals surface area contributed by atoms with Crippen LogP contribution in [0.4, 0.5) is 13.2 Å². The first-order valence-electron chi connectivity index (χ1n) is 8.09. The van der Waals surface area contributed by atoms with E-state index in [1.807, 2.05) is 0 Å². The zero-order valence-electron chi connectivity index (χ0n) is 14.2. The molecule has 0 N–H and O–H groups in total. The van der Waals surface area contributed by atoms with Gasteiger partial charge in [0, 0.05) is 16.8 Å². The molecule has 5 nitrogen and oxygen atoms in total. The second kappa shape index (κ2) is 6.86. The van der Waals surface area contributed by atoms with Crippen molar-refractivity contribution in [2.24, 2.45) is 0 Å². The number of alkyl halides is 3. The number of hydrogen-bond acceptors (Lipinski definition) is 3. The Morgan fingerprint density at radius 1 is 1.15 bits per heavy atom. The minimum atomic E-state index is -5.04. The Kier molecular flexibility index (Phi) is 4.73. The van der Waals surface area contributed by atoms with Gasteiger partial charge in [0.05, 0.1) is 17.0 Å². The zero-order chi connectivity index (χ0) is 19.8. The molecule has 0 amide bonds. The molecule has 0 saturated carbocycles. The largest absolute Gasteiger partial charge is 0.454 e. The van der Waals surface area contributed by atoms with Crippen molar-refractivity contribution in [2.45, 2.75) is 19.0 Å². The maximum absolute atomic E-state index is 13.1. The van der Waals surface area contributed by atoms with Gasteiger partial charge in [0.25, 0.3) is 5.78 Å². The molecule has 27 heavy (non-hydrogen) atoms. The average Bonchev–Trinajstić information content (AvgIpc) is 2.90. The third-order valence-corrected chi connectivity index (χ3v) is 4.48. The van der Waals surface area contributed by atoms with Crippen LogP contribution >= 0.6 is 0 Å². The number of carbonyl (C=O) groups excluding carboxylic acids is 1. The van der Waals surface area contributed by atoms with Crippen LogP contribution in [0.5, 0.6) is 0 Å². The molecule has 3 rings (SSSR count). The third-order valence-electron chi connectivity index (χ3n) is 4.48. The summed E-state index contributed by atoms with van der Waals surface area (Å²) in [6, 6.07) is 13.0. The number of nitro groups is 1. The van der Waals surface area contributed by atoms with E-state index in [-0.39, 0.29) is 11.1 Å². The minimum Gasteiger partial charge on any atom is -0.319 e. The molecular weight excluding hydrogens is 361 g/mol. The first-order valence-corrected chi connectivity index (χ1v) is 8.09. The van der Waals surface area contributed by atoms with Crippen molar-refractivity contribution >= 4 is 11.3 Å². The normalized spacial score (nSPS) is 12.9. The van der Waals surface area contributed by atoms with Crippen LogP contribution in [0.3, 0.4) is 0 Å². The number of benzene rings is 1. The van der Waals surface area contributed by atoms with Crippen molar-refractivity contribution in [3.8, 4) is 0 Å². The first kappa shape index (κ1) is 18.6. The fourth-order valence-electron chi connectivity index (χ4n) is 3.40. The van der Waals surface area contributed by atoms with Crippen LogP contribution in [0, 0.1) is 17.0 Å². The van der Waals surface area contributed by atoms with Crippen LogP contribution in [0.15, 0.2) is 54.7 Å². The highest BCUT2D eigenvalue weighted by Crippen LogP contribution is 2.36. The predicted octanol–water partition coefficient (Wildman–Crippen LogP) is 4.40. The first-order chi connectivity index (χ1) is 12.7. The van der Waals surface area contributed by atoms with E-state index in [0.717, 1.165) is 0 Å². The number of halogens is 3. The lowest BCUT2D eigenvalue weighted by atomic mass is 9.92. The highest BCUT2D eigenvalue weighted by Gasteiger charge is 2.43. The van der Waals surface area contributed by atoms with Crippen LogP contribution in [-0.2, 0) is 0 Å². The molecule has 0 bridgehead atoms. The highest BCUT2D eigenvalue weighted by molar-refractivity contribution is 6.07. The van der Waals surface area contributed by atoms with Gasteiger partial charge in [0.2, 0.25) is 6.54 Å². The van der Waals surface area contributed by atoms with Gasteiger partial charge in [-0.25, -0.2) is 0 Å². The van der Waals surface area contributed by atoms with E-state index in [9.17, 15) is 28.1 Å². The van der Waals surface area contributed by atoms with E-state index in [2.05, 4.69) is 0 Å². The molecule has 1 aromatic carbocycles. The van der Waals surface area contributed by atoms with Crippen molar-refractivity contribution < 1.29 is 22.9 Å². The molecule has 3 aromatic rings. The lowest BCUT2D eigenvalue weighted by Gasteiger charge is -2.15. The summed E-state index contributed by atoms with van der Waals surface area (Å²) in [6.07, 6.45) is -3.52. The summed E-state index contributed by atoms with van der Waals surface area (Å²) < 4.78 is 40.8. The number of hydrogen-bond donors (Lipinski definition) is 0. The summed E-state index contributed by atoms with van der Waals surface area (Å²) in [4.78, 5) is 22.8. The van der Waals surface area contributed by atoms with E-state index in [0.29, 0.717) is 11.3 Å². The Hall–Kier alpha value is -3.16. The third kappa shape index (κ3) is 3.42. The maximum Gasteiger partial charge on any atom is 0.454 e. The molecule has 0 aliphatic heterocycles. The van der Waals surface area contributed by atoms with Crippen molar-refractivity contribution in [3.63, 3.8) is 0 Å². The Labute approximate surface area is 152 Å². The summed E-state index contributed by atoms with van der Waals surface area (Å²) in [6.45, 7) is 0.892. The summed E-state index contributed by atoms with van der Waals surface area (Å²) in [5.74, 6) is -2.76. The topological polar surface area (TPSA) is 64.6 Å². The van der Waals surface area contributed by atoms with Crippen molar-refractivity contribution in [1.29, 1.82) is 0 Å². The van der Waals surface area contributed by atoms with Crippen molar-refractivity contribution in [2.75, 3.05) is 6.54 Å². The molecule has 0 aliphatic rings. The molecule has 1 atom stereocenters. The van der Waals surface area contributed by atoms with Crippen LogP contribution in [0.2, 0.25) is 0 Å². The van der Waals surface area contributed by atoms with Gasteiger partial charge < -0.3 is 4.40 Å². The van der Waals surface area contributed by atoms with E-state index in [1.54, 1.807) is 36.4 Å². The van der Waals surface area contributed by atoms with E-state index in [4.69, 9.17) is 0 Å². The second-order valence-electron chi connectivity index (χ2n) is 6.15. The van der Waals surface area contributed by atoms with Gasteiger partial charge in [-0.1, -0.05) is 36.4 Å². The quantitative estimate of drug-likeness (QED) is 0.377. The average molecular weight is 376 g/mol. The molecule has 0 fully saturated rings. The standard InChI is InChI=1S/C19H15F3N2O3/c1-12-16(18(25)19(20,21)22)15-9-5-6-10-23(15)17(12)14(11-24(26)27)13-7-3-2-4-8-13/h2-10,14H,11H2,1H3. The molecule has 8 heteroatoms. The lowest BCUT2D eigenvalue weighted by molar-refractivity contribution is -0.482. The monoisotopic (exact) mass is 376 g/mol. The number of ketones is 1. The number of rotatable bonds is 5. The van der Waals surface area contributed by atoms with Gasteiger partial charge in [-0.05, 0) is 30.2 Å². The number of nitrogens with zero attached hydrogens (tertiary/aromatic N) is 2. The van der Waals surface area contributed by atoms with Gasteiger partial charge in [-0.3, -0.25) is 14.9 Å². The van der Waals surface area contributed by atoms with Gasteiger partial charge in [0.1, 0.15) is 0 Å². The van der Waals surface area contributed by atoms with E-state index in [1.165, 1.54) is 29.7 Å². The molecular formula is C19H15F3N2O3. The lowest BCUT2D eigenvalue weighted by Crippen LogP contribution is -2.23. The fraction of sp³-hybridized carbons (Fsp3) is 0.211. The molecule has 1 unspecified atom stereocenters. The molecule has 0 radical (unpaired) electrons. The zero-order valence-corrected chi connectivity index (χ0v) is 14.2. The number of Topliss-reactive ketones (excluding diaryl/α,β-unsaturated/α-hetero) is 1. The second-order valence-corrected chi connectivity index (χ2v) is 6.15. The van der Waals surface area contributed by atoms with Gasteiger partial charge in [0.15, 0.2) is 0 Å². The van der Waals surface area contributed by atoms with Gasteiger partial charge in [-0.2, -0.15) is 13.2 Å². The minimum absolute atomic E-state index is 0.0802. The number of aromatic nitrogens is 1. The van der Waals surface area contributed by atoms with Crippen LogP contribution in [0.25, 0.3) is 5.52 Å². The molecule has 0 saturated heterocycles. The summed E-state index contributed by atoms with van der Waals surface area (Å²) in [7, 11) is 0. The SMILES string of the molecule is Cc1c(C(=O)C(F)(F)F)c2ccccn2c1C(C[N+](=O)[O-])c1ccccc1. The molecule has 0 aliphatic carbocycles. The highest BCUT2D eigenvalue weighted by atomic mass is 19.4.